The van der Waals surface area contributed by atoms with E-state index >= 15 is 0 Å². The van der Waals surface area contributed by atoms with E-state index in [0.717, 1.165) is 27.3 Å². The summed E-state index contributed by atoms with van der Waals surface area (Å²) in [5.41, 5.74) is 2.63. The van der Waals surface area contributed by atoms with E-state index in [1.807, 2.05) is 24.3 Å². The van der Waals surface area contributed by atoms with Gasteiger partial charge in [0, 0.05) is 5.56 Å². The minimum atomic E-state index is -0.256. The molecule has 0 amide bonds. The van der Waals surface area contributed by atoms with Crippen LogP contribution in [0.25, 0.3) is 54.2 Å². The first kappa shape index (κ1) is 22.5. The van der Waals surface area contributed by atoms with Gasteiger partial charge in [0.05, 0.1) is 5.56 Å². The van der Waals surface area contributed by atoms with Crippen molar-refractivity contribution in [2.45, 2.75) is 33.8 Å². The number of fused-ring (bicyclic) bond motifs is 1. The zero-order valence-electron chi connectivity index (χ0n) is 21.2. The zero-order valence-corrected chi connectivity index (χ0v) is 21.2. The number of hydrogen-bond donors (Lipinski definition) is 0. The second kappa shape index (κ2) is 8.64. The standard InChI is InChI=1S/C34H30O2/c1-20(2)33(21(3)4)36-34(35)29-19-14-22-8-5-6-11-26(22)32(29)28-18-16-25-13-12-23-9-7-10-24-15-17-27(28)31(25)30(23)24/h5-21,33H,1-4H3. The lowest BCUT2D eigenvalue weighted by atomic mass is 9.86. The van der Waals surface area contributed by atoms with Crippen molar-refractivity contribution in [1.82, 2.24) is 0 Å². The molecular weight excluding hydrogens is 440 g/mol. The van der Waals surface area contributed by atoms with Crippen molar-refractivity contribution in [3.63, 3.8) is 0 Å². The van der Waals surface area contributed by atoms with E-state index in [-0.39, 0.29) is 23.9 Å². The molecule has 178 valence electrons. The summed E-state index contributed by atoms with van der Waals surface area (Å²) in [5, 5.41) is 9.53. The normalized spacial score (nSPS) is 12.2. The molecule has 0 heterocycles. The summed E-state index contributed by atoms with van der Waals surface area (Å²) in [6.07, 6.45) is -0.141. The number of hydrogen-bond acceptors (Lipinski definition) is 2. The molecular formula is C34H30O2. The second-order valence-electron chi connectivity index (χ2n) is 10.5. The summed E-state index contributed by atoms with van der Waals surface area (Å²) >= 11 is 0. The van der Waals surface area contributed by atoms with Gasteiger partial charge in [0.25, 0.3) is 0 Å². The van der Waals surface area contributed by atoms with Crippen LogP contribution < -0.4 is 0 Å². The molecule has 0 unspecified atom stereocenters. The van der Waals surface area contributed by atoms with Gasteiger partial charge in [0.2, 0.25) is 0 Å². The van der Waals surface area contributed by atoms with Gasteiger partial charge in [-0.2, -0.15) is 0 Å². The first-order valence-electron chi connectivity index (χ1n) is 12.8. The maximum Gasteiger partial charge on any atom is 0.339 e. The van der Waals surface area contributed by atoms with E-state index in [0.29, 0.717) is 5.56 Å². The van der Waals surface area contributed by atoms with Crippen LogP contribution in [0, 0.1) is 11.8 Å². The van der Waals surface area contributed by atoms with Gasteiger partial charge in [0.15, 0.2) is 0 Å². The summed E-state index contributed by atoms with van der Waals surface area (Å²) in [4.78, 5) is 13.7. The molecule has 6 aromatic carbocycles. The Kier molecular flexibility index (Phi) is 5.41. The first-order valence-corrected chi connectivity index (χ1v) is 12.8. The lowest BCUT2D eigenvalue weighted by Crippen LogP contribution is -2.29. The smallest absolute Gasteiger partial charge is 0.339 e. The Bertz CT molecular complexity index is 1720. The number of esters is 1. The molecule has 0 saturated heterocycles. The quantitative estimate of drug-likeness (QED) is 0.185. The van der Waals surface area contributed by atoms with Gasteiger partial charge < -0.3 is 4.74 Å². The maximum absolute atomic E-state index is 13.7. The molecule has 6 aromatic rings. The monoisotopic (exact) mass is 470 g/mol. The Balaban J connectivity index is 1.65. The highest BCUT2D eigenvalue weighted by Gasteiger charge is 2.26. The van der Waals surface area contributed by atoms with Crippen LogP contribution in [0.15, 0.2) is 91.0 Å². The van der Waals surface area contributed by atoms with Crippen LogP contribution in [-0.4, -0.2) is 12.1 Å². The molecule has 0 atom stereocenters. The third-order valence-corrected chi connectivity index (χ3v) is 7.50. The van der Waals surface area contributed by atoms with Crippen molar-refractivity contribution in [2.75, 3.05) is 0 Å². The van der Waals surface area contributed by atoms with Crippen molar-refractivity contribution < 1.29 is 9.53 Å². The molecule has 0 aromatic heterocycles. The van der Waals surface area contributed by atoms with Crippen molar-refractivity contribution >= 4 is 49.1 Å². The fourth-order valence-electron chi connectivity index (χ4n) is 5.91. The van der Waals surface area contributed by atoms with Crippen LogP contribution in [0.4, 0.5) is 0 Å². The van der Waals surface area contributed by atoms with E-state index in [1.54, 1.807) is 0 Å². The molecule has 0 aliphatic carbocycles. The Morgan fingerprint density at radius 1 is 0.583 bits per heavy atom. The molecule has 0 bridgehead atoms. The predicted molar refractivity (Wildman–Crippen MR) is 152 cm³/mol. The van der Waals surface area contributed by atoms with E-state index < -0.39 is 0 Å². The van der Waals surface area contributed by atoms with Gasteiger partial charge in [-0.25, -0.2) is 4.79 Å². The summed E-state index contributed by atoms with van der Waals surface area (Å²) in [6, 6.07) is 31.9. The Labute approximate surface area is 211 Å². The van der Waals surface area contributed by atoms with E-state index in [4.69, 9.17) is 4.74 Å². The van der Waals surface area contributed by atoms with Gasteiger partial charge in [-0.3, -0.25) is 0 Å². The number of carbonyl (C=O) groups is 1. The zero-order chi connectivity index (χ0) is 25.0. The van der Waals surface area contributed by atoms with Crippen LogP contribution in [0.2, 0.25) is 0 Å². The number of carbonyl (C=O) groups excluding carboxylic acids is 1. The topological polar surface area (TPSA) is 26.3 Å². The summed E-state index contributed by atoms with van der Waals surface area (Å²) in [6.45, 7) is 8.45. The van der Waals surface area contributed by atoms with Crippen molar-refractivity contribution in [3.8, 4) is 11.1 Å². The molecule has 0 saturated carbocycles. The Morgan fingerprint density at radius 2 is 1.17 bits per heavy atom. The van der Waals surface area contributed by atoms with Crippen molar-refractivity contribution in [2.24, 2.45) is 11.8 Å². The SMILES string of the molecule is CC(C)C(OC(=O)c1ccc2ccccc2c1-c1ccc2ccc3cccc4ccc1c2c34)C(C)C. The molecule has 0 spiro atoms. The minimum Gasteiger partial charge on any atom is -0.458 e. The highest BCUT2D eigenvalue weighted by Crippen LogP contribution is 2.42. The highest BCUT2D eigenvalue weighted by molar-refractivity contribution is 6.27. The molecule has 0 radical (unpaired) electrons. The van der Waals surface area contributed by atoms with Gasteiger partial charge in [0.1, 0.15) is 6.10 Å². The third-order valence-electron chi connectivity index (χ3n) is 7.50. The molecule has 0 fully saturated rings. The predicted octanol–water partition coefficient (Wildman–Crippen LogP) is 9.24. The van der Waals surface area contributed by atoms with Crippen molar-refractivity contribution in [1.29, 1.82) is 0 Å². The summed E-state index contributed by atoms with van der Waals surface area (Å²) < 4.78 is 6.16. The molecule has 2 heteroatoms. The summed E-state index contributed by atoms with van der Waals surface area (Å²) in [7, 11) is 0. The molecule has 0 N–H and O–H groups in total. The van der Waals surface area contributed by atoms with Crippen LogP contribution in [-0.2, 0) is 4.74 Å². The fraction of sp³-hybridized carbons (Fsp3) is 0.206. The first-order chi connectivity index (χ1) is 17.4. The van der Waals surface area contributed by atoms with E-state index in [9.17, 15) is 4.79 Å². The number of benzene rings is 6. The van der Waals surface area contributed by atoms with Gasteiger partial charge in [-0.15, -0.1) is 0 Å². The molecule has 0 aliphatic rings. The van der Waals surface area contributed by atoms with Crippen LogP contribution in [0.5, 0.6) is 0 Å². The summed E-state index contributed by atoms with van der Waals surface area (Å²) in [5.74, 6) is 0.230. The lowest BCUT2D eigenvalue weighted by molar-refractivity contribution is 0.00334. The van der Waals surface area contributed by atoms with Crippen LogP contribution in [0.3, 0.4) is 0 Å². The molecule has 36 heavy (non-hydrogen) atoms. The van der Waals surface area contributed by atoms with E-state index in [1.165, 1.54) is 26.9 Å². The second-order valence-corrected chi connectivity index (χ2v) is 10.5. The number of rotatable bonds is 5. The maximum atomic E-state index is 13.7. The fourth-order valence-corrected chi connectivity index (χ4v) is 5.91. The molecule has 6 rings (SSSR count). The lowest BCUT2D eigenvalue weighted by Gasteiger charge is -2.26. The Morgan fingerprint density at radius 3 is 1.89 bits per heavy atom. The largest absolute Gasteiger partial charge is 0.458 e. The van der Waals surface area contributed by atoms with Gasteiger partial charge >= 0.3 is 5.97 Å². The number of ether oxygens (including phenoxy) is 1. The van der Waals surface area contributed by atoms with E-state index in [2.05, 4.69) is 94.4 Å². The van der Waals surface area contributed by atoms with Gasteiger partial charge in [-0.1, -0.05) is 113 Å². The van der Waals surface area contributed by atoms with Crippen LogP contribution >= 0.6 is 0 Å². The van der Waals surface area contributed by atoms with Crippen molar-refractivity contribution in [3.05, 3.63) is 96.6 Å². The third kappa shape index (κ3) is 3.52. The molecule has 2 nitrogen and oxygen atoms in total. The highest BCUT2D eigenvalue weighted by atomic mass is 16.5. The average Bonchev–Trinajstić information content (AvgIpc) is 2.89. The van der Waals surface area contributed by atoms with Gasteiger partial charge in [-0.05, 0) is 66.6 Å². The minimum absolute atomic E-state index is 0.141. The Hall–Kier alpha value is -3.91. The average molecular weight is 471 g/mol. The van der Waals surface area contributed by atoms with Crippen LogP contribution in [0.1, 0.15) is 38.1 Å². The molecule has 0 aliphatic heterocycles.